The van der Waals surface area contributed by atoms with E-state index >= 15 is 0 Å². The Morgan fingerprint density at radius 1 is 0.556 bits per heavy atom. The van der Waals surface area contributed by atoms with Gasteiger partial charge in [0.2, 0.25) is 10.9 Å². The third-order valence-electron chi connectivity index (χ3n) is 10.6. The first-order valence-electron chi connectivity index (χ1n) is 20.5. The number of phenols is 2. The first-order chi connectivity index (χ1) is 29.1. The maximum atomic E-state index is 13.1. The molecule has 2 heterocycles. The molecule has 0 unspecified atom stereocenters. The third kappa shape index (κ3) is 10.6. The fourth-order valence-corrected chi connectivity index (χ4v) is 7.31. The Bertz CT molecular complexity index is 2810. The smallest absolute Gasteiger partial charge is 0.261 e. The standard InChI is InChI=1S/C25H31N3O3.C24H29N3O3.CH2O/c1-24(2,3)15-11-16(25(4,5)6)20(29)12-19(15)28-23(31)14-13-27-18-10-8-9-17(26-7)21(18)22(14)30;1-23(2,3)14-10-15(24(4,5)6)19(28)11-18(14)27-22(30)13-12-26-17-9-7-8-16(25)20(17)21(13)29;1-2/h8-13,26,29H,1-7H3,(H,27,30)(H,28,31);7-12,28H,25H2,1-6H3,(H,26,29)(H,27,30);1H2. The van der Waals surface area contributed by atoms with Crippen LogP contribution in [0, 0.1) is 0 Å². The largest absolute Gasteiger partial charge is 0.508 e. The zero-order valence-electron chi connectivity index (χ0n) is 38.6. The van der Waals surface area contributed by atoms with Gasteiger partial charge in [0, 0.05) is 54.3 Å². The molecule has 9 N–H and O–H groups in total. The van der Waals surface area contributed by atoms with E-state index in [1.165, 1.54) is 12.4 Å². The molecule has 13 nitrogen and oxygen atoms in total. The van der Waals surface area contributed by atoms with E-state index in [9.17, 15) is 29.4 Å². The molecule has 0 saturated carbocycles. The summed E-state index contributed by atoms with van der Waals surface area (Å²) in [5.74, 6) is -0.875. The maximum absolute atomic E-state index is 13.1. The number of anilines is 4. The number of fused-ring (bicyclic) bond motifs is 2. The number of aromatic nitrogens is 2. The molecule has 6 aromatic rings. The topological polar surface area (TPSA) is 219 Å². The van der Waals surface area contributed by atoms with Crippen molar-refractivity contribution in [2.45, 2.75) is 105 Å². The van der Waals surface area contributed by atoms with Crippen LogP contribution in [0.3, 0.4) is 0 Å². The van der Waals surface area contributed by atoms with E-state index in [0.717, 1.165) is 22.3 Å². The van der Waals surface area contributed by atoms with Crippen molar-refractivity contribution >= 4 is 63.2 Å². The van der Waals surface area contributed by atoms with Crippen molar-refractivity contribution in [1.82, 2.24) is 9.97 Å². The molecule has 2 amide bonds. The minimum Gasteiger partial charge on any atom is -0.508 e. The Balaban J connectivity index is 0.000000266. The molecule has 0 aliphatic rings. The van der Waals surface area contributed by atoms with E-state index < -0.39 is 17.2 Å². The second kappa shape index (κ2) is 18.2. The number of hydrogen-bond donors (Lipinski definition) is 8. The van der Waals surface area contributed by atoms with E-state index in [0.29, 0.717) is 39.2 Å². The van der Waals surface area contributed by atoms with Crippen molar-refractivity contribution in [3.8, 4) is 11.5 Å². The number of benzene rings is 4. The zero-order valence-corrected chi connectivity index (χ0v) is 38.6. The molecule has 0 fully saturated rings. The summed E-state index contributed by atoms with van der Waals surface area (Å²) < 4.78 is 0. The fourth-order valence-electron chi connectivity index (χ4n) is 7.31. The SMILES string of the molecule is C=O.CC(C)(C)c1cc(C(C)(C)C)c(NC(=O)c2c[nH]c3cccc(N)c3c2=O)cc1O.CNc1cccc2[nH]cc(C(=O)Nc3cc(O)c(C(C)(C)C)cc3C(C)(C)C)c(=O)c12. The molecule has 0 radical (unpaired) electrons. The van der Waals surface area contributed by atoms with Gasteiger partial charge in [-0.15, -0.1) is 0 Å². The molecular formula is C50H62N6O7. The first-order valence-corrected chi connectivity index (χ1v) is 20.5. The van der Waals surface area contributed by atoms with Crippen molar-refractivity contribution in [2.75, 3.05) is 28.7 Å². The predicted octanol–water partition coefficient (Wildman–Crippen LogP) is 9.60. The van der Waals surface area contributed by atoms with Crippen molar-refractivity contribution in [3.63, 3.8) is 0 Å². The number of nitrogens with one attached hydrogen (secondary N) is 5. The molecular weight excluding hydrogens is 797 g/mol. The van der Waals surface area contributed by atoms with E-state index in [1.807, 2.05) is 108 Å². The van der Waals surface area contributed by atoms with Gasteiger partial charge in [0.1, 0.15) is 29.4 Å². The molecule has 13 heteroatoms. The molecule has 334 valence electrons. The van der Waals surface area contributed by atoms with Crippen LogP contribution in [-0.4, -0.2) is 45.8 Å². The molecule has 0 atom stereocenters. The second-order valence-electron chi connectivity index (χ2n) is 19.5. The number of carbonyl (C=O) groups is 3. The third-order valence-corrected chi connectivity index (χ3v) is 10.6. The Morgan fingerprint density at radius 3 is 1.30 bits per heavy atom. The predicted molar refractivity (Wildman–Crippen MR) is 257 cm³/mol. The first kappa shape index (κ1) is 48.8. The molecule has 0 aliphatic carbocycles. The van der Waals surface area contributed by atoms with E-state index in [1.54, 1.807) is 49.5 Å². The Labute approximate surface area is 368 Å². The minimum atomic E-state index is -0.560. The molecule has 0 bridgehead atoms. The lowest BCUT2D eigenvalue weighted by atomic mass is 9.79. The van der Waals surface area contributed by atoms with Crippen LogP contribution in [0.4, 0.5) is 22.7 Å². The Kier molecular flexibility index (Phi) is 14.1. The lowest BCUT2D eigenvalue weighted by Gasteiger charge is -2.28. The zero-order chi connectivity index (χ0) is 47.6. The number of phenolic OH excluding ortho intramolecular Hbond substituents is 2. The van der Waals surface area contributed by atoms with Gasteiger partial charge in [-0.05, 0) is 80.3 Å². The average Bonchev–Trinajstić information content (AvgIpc) is 3.17. The van der Waals surface area contributed by atoms with Crippen molar-refractivity contribution in [3.05, 3.63) is 127 Å². The molecule has 4 aromatic carbocycles. The van der Waals surface area contributed by atoms with Gasteiger partial charge in [-0.3, -0.25) is 19.2 Å². The molecule has 2 aromatic heterocycles. The summed E-state index contributed by atoms with van der Waals surface area (Å²) >= 11 is 0. The number of H-pyrrole nitrogens is 2. The fraction of sp³-hybridized carbons (Fsp3) is 0.340. The summed E-state index contributed by atoms with van der Waals surface area (Å²) in [5.41, 5.74) is 10.5. The molecule has 6 rings (SSSR count). The number of aromatic amines is 2. The van der Waals surface area contributed by atoms with Crippen LogP contribution < -0.4 is 32.5 Å². The normalized spacial score (nSPS) is 11.8. The average molecular weight is 859 g/mol. The van der Waals surface area contributed by atoms with Gasteiger partial charge in [-0.25, -0.2) is 0 Å². The summed E-state index contributed by atoms with van der Waals surface area (Å²) in [6, 6.07) is 17.5. The van der Waals surface area contributed by atoms with Gasteiger partial charge in [0.05, 0.1) is 21.8 Å². The second-order valence-corrected chi connectivity index (χ2v) is 19.5. The highest BCUT2D eigenvalue weighted by atomic mass is 16.3. The highest BCUT2D eigenvalue weighted by Gasteiger charge is 2.29. The van der Waals surface area contributed by atoms with Crippen LogP contribution in [0.15, 0.2) is 82.6 Å². The number of amides is 2. The number of hydrogen-bond acceptors (Lipinski definition) is 9. The minimum absolute atomic E-state index is 0.00875. The number of carbonyl (C=O) groups excluding carboxylic acids is 3. The summed E-state index contributed by atoms with van der Waals surface area (Å²) in [6.45, 7) is 26.4. The highest BCUT2D eigenvalue weighted by molar-refractivity contribution is 6.08. The molecule has 0 saturated heterocycles. The van der Waals surface area contributed by atoms with Gasteiger partial charge < -0.3 is 46.7 Å². The number of rotatable bonds is 5. The van der Waals surface area contributed by atoms with Crippen molar-refractivity contribution < 1.29 is 24.6 Å². The highest BCUT2D eigenvalue weighted by Crippen LogP contribution is 2.41. The number of aromatic hydroxyl groups is 2. The van der Waals surface area contributed by atoms with Crippen molar-refractivity contribution in [1.29, 1.82) is 0 Å². The van der Waals surface area contributed by atoms with Crippen molar-refractivity contribution in [2.24, 2.45) is 0 Å². The number of pyridine rings is 2. The van der Waals surface area contributed by atoms with Gasteiger partial charge in [-0.1, -0.05) is 95.2 Å². The number of nitrogen functional groups attached to an aromatic ring is 1. The maximum Gasteiger partial charge on any atom is 0.261 e. The van der Waals surface area contributed by atoms with Gasteiger partial charge >= 0.3 is 0 Å². The van der Waals surface area contributed by atoms with Crippen LogP contribution in [0.5, 0.6) is 11.5 Å². The quantitative estimate of drug-likeness (QED) is 0.0773. The summed E-state index contributed by atoms with van der Waals surface area (Å²) in [5, 5.41) is 30.6. The van der Waals surface area contributed by atoms with Crippen LogP contribution in [0.1, 0.15) is 126 Å². The van der Waals surface area contributed by atoms with Crippen LogP contribution >= 0.6 is 0 Å². The molecule has 0 spiro atoms. The van der Waals surface area contributed by atoms with Gasteiger partial charge in [0.15, 0.2) is 0 Å². The Morgan fingerprint density at radius 2 is 0.921 bits per heavy atom. The summed E-state index contributed by atoms with van der Waals surface area (Å²) in [7, 11) is 1.73. The summed E-state index contributed by atoms with van der Waals surface area (Å²) in [4.78, 5) is 66.1. The van der Waals surface area contributed by atoms with Gasteiger partial charge in [0.25, 0.3) is 11.8 Å². The number of nitrogens with two attached hydrogens (primary N) is 1. The molecule has 63 heavy (non-hydrogen) atoms. The summed E-state index contributed by atoms with van der Waals surface area (Å²) in [6.07, 6.45) is 2.82. The lowest BCUT2D eigenvalue weighted by molar-refractivity contribution is -0.0980. The van der Waals surface area contributed by atoms with E-state index in [2.05, 4.69) is 25.9 Å². The van der Waals surface area contributed by atoms with Crippen LogP contribution in [0.25, 0.3) is 21.8 Å². The lowest BCUT2D eigenvalue weighted by Crippen LogP contribution is -2.25. The molecule has 0 aliphatic heterocycles. The Hall–Kier alpha value is -6.89. The van der Waals surface area contributed by atoms with E-state index in [-0.39, 0.29) is 55.1 Å². The van der Waals surface area contributed by atoms with E-state index in [4.69, 9.17) is 10.5 Å². The van der Waals surface area contributed by atoms with Crippen LogP contribution in [-0.2, 0) is 26.5 Å². The van der Waals surface area contributed by atoms with Gasteiger partial charge in [-0.2, -0.15) is 0 Å². The monoisotopic (exact) mass is 858 g/mol. The van der Waals surface area contributed by atoms with Crippen LogP contribution in [0.2, 0.25) is 0 Å².